The number of halogens is 1. The first-order valence-electron chi connectivity index (χ1n) is 5.64. The minimum atomic E-state index is -1.13. The van der Waals surface area contributed by atoms with Crippen molar-refractivity contribution in [3.8, 4) is 0 Å². The normalized spacial score (nSPS) is 10.3. The van der Waals surface area contributed by atoms with Crippen LogP contribution in [0.15, 0.2) is 34.7 Å². The molecule has 0 saturated heterocycles. The third-order valence-corrected chi connectivity index (χ3v) is 2.86. The van der Waals surface area contributed by atoms with Crippen molar-refractivity contribution in [1.82, 2.24) is 0 Å². The van der Waals surface area contributed by atoms with Crippen LogP contribution in [0, 0.1) is 0 Å². The van der Waals surface area contributed by atoms with Crippen molar-refractivity contribution in [3.05, 3.63) is 52.4 Å². The van der Waals surface area contributed by atoms with Gasteiger partial charge < -0.3 is 20.6 Å². The number of carboxylic acids is 1. The Balaban J connectivity index is 2.15. The topological polar surface area (TPSA) is 106 Å². The number of nitrogens with one attached hydrogen (secondary N) is 1. The Morgan fingerprint density at radius 1 is 1.30 bits per heavy atom. The number of benzene rings is 1. The molecule has 1 aromatic carbocycles. The van der Waals surface area contributed by atoms with Crippen molar-refractivity contribution in [2.24, 2.45) is 5.73 Å². The van der Waals surface area contributed by atoms with Gasteiger partial charge in [-0.1, -0.05) is 11.6 Å². The van der Waals surface area contributed by atoms with E-state index in [4.69, 9.17) is 26.9 Å². The van der Waals surface area contributed by atoms with E-state index in [1.165, 1.54) is 24.3 Å². The molecule has 0 unspecified atom stereocenters. The number of carbonyl (C=O) groups is 2. The van der Waals surface area contributed by atoms with Crippen molar-refractivity contribution in [3.63, 3.8) is 0 Å². The summed E-state index contributed by atoms with van der Waals surface area (Å²) in [5.41, 5.74) is 5.72. The number of furan rings is 1. The summed E-state index contributed by atoms with van der Waals surface area (Å²) in [5.74, 6) is -0.992. The molecule has 0 radical (unpaired) electrons. The van der Waals surface area contributed by atoms with E-state index in [1.807, 2.05) is 0 Å². The van der Waals surface area contributed by atoms with E-state index >= 15 is 0 Å². The molecule has 1 heterocycles. The van der Waals surface area contributed by atoms with Crippen LogP contribution in [0.2, 0.25) is 5.02 Å². The van der Waals surface area contributed by atoms with E-state index in [-0.39, 0.29) is 22.9 Å². The molecular formula is C13H11ClN2O4. The lowest BCUT2D eigenvalue weighted by Crippen LogP contribution is -2.11. The van der Waals surface area contributed by atoms with E-state index in [9.17, 15) is 9.59 Å². The number of carbonyl (C=O) groups excluding carboxylic acids is 1. The number of rotatable bonds is 4. The molecule has 0 aliphatic rings. The minimum Gasteiger partial charge on any atom is -0.478 e. The lowest BCUT2D eigenvalue weighted by Gasteiger charge is -2.05. The largest absolute Gasteiger partial charge is 0.478 e. The highest BCUT2D eigenvalue weighted by molar-refractivity contribution is 6.33. The molecule has 104 valence electrons. The van der Waals surface area contributed by atoms with Crippen LogP contribution < -0.4 is 11.1 Å². The summed E-state index contributed by atoms with van der Waals surface area (Å²) in [7, 11) is 0. The molecule has 0 atom stereocenters. The fourth-order valence-corrected chi connectivity index (χ4v) is 1.83. The molecule has 1 aromatic heterocycles. The smallest absolute Gasteiger partial charge is 0.337 e. The van der Waals surface area contributed by atoms with Crippen LogP contribution >= 0.6 is 11.6 Å². The Kier molecular flexibility index (Phi) is 4.07. The average Bonchev–Trinajstić information content (AvgIpc) is 2.87. The van der Waals surface area contributed by atoms with Crippen LogP contribution in [-0.2, 0) is 6.54 Å². The molecule has 0 fully saturated rings. The van der Waals surface area contributed by atoms with E-state index in [1.54, 1.807) is 6.07 Å². The summed E-state index contributed by atoms with van der Waals surface area (Å²) in [5, 5.41) is 11.4. The van der Waals surface area contributed by atoms with Crippen LogP contribution in [-0.4, -0.2) is 17.0 Å². The highest BCUT2D eigenvalue weighted by atomic mass is 35.5. The Labute approximate surface area is 119 Å². The maximum atomic E-state index is 11.9. The Morgan fingerprint density at radius 3 is 2.60 bits per heavy atom. The standard InChI is InChI=1S/C13H11ClN2O4/c14-10-5-7(1-3-9(10)13(18)19)16-12(17)11-4-2-8(6-15)20-11/h1-5H,6,15H2,(H,16,17)(H,18,19). The van der Waals surface area contributed by atoms with Crippen LogP contribution in [0.3, 0.4) is 0 Å². The lowest BCUT2D eigenvalue weighted by atomic mass is 10.2. The van der Waals surface area contributed by atoms with Crippen molar-refractivity contribution in [2.45, 2.75) is 6.54 Å². The minimum absolute atomic E-state index is 0.0342. The maximum Gasteiger partial charge on any atom is 0.337 e. The highest BCUT2D eigenvalue weighted by Gasteiger charge is 2.13. The van der Waals surface area contributed by atoms with Gasteiger partial charge in [0, 0.05) is 5.69 Å². The molecule has 6 nitrogen and oxygen atoms in total. The van der Waals surface area contributed by atoms with Gasteiger partial charge in [-0.2, -0.15) is 0 Å². The fraction of sp³-hybridized carbons (Fsp3) is 0.0769. The molecule has 0 spiro atoms. The number of hydrogen-bond donors (Lipinski definition) is 3. The monoisotopic (exact) mass is 294 g/mol. The summed E-state index contributed by atoms with van der Waals surface area (Å²) in [6.07, 6.45) is 0. The Hall–Kier alpha value is -2.31. The molecular weight excluding hydrogens is 284 g/mol. The Bertz CT molecular complexity index is 666. The first-order valence-corrected chi connectivity index (χ1v) is 6.02. The second-order valence-electron chi connectivity index (χ2n) is 3.92. The molecule has 0 saturated carbocycles. The van der Waals surface area contributed by atoms with Gasteiger partial charge in [0.1, 0.15) is 5.76 Å². The van der Waals surface area contributed by atoms with Gasteiger partial charge in [-0.25, -0.2) is 4.79 Å². The molecule has 0 bridgehead atoms. The van der Waals surface area contributed by atoms with Crippen LogP contribution in [0.1, 0.15) is 26.7 Å². The molecule has 2 rings (SSSR count). The molecule has 4 N–H and O–H groups in total. The van der Waals surface area contributed by atoms with E-state index in [0.29, 0.717) is 11.4 Å². The number of nitrogens with two attached hydrogens (primary N) is 1. The van der Waals surface area contributed by atoms with Crippen LogP contribution in [0.4, 0.5) is 5.69 Å². The van der Waals surface area contributed by atoms with Crippen LogP contribution in [0.25, 0.3) is 0 Å². The zero-order valence-corrected chi connectivity index (χ0v) is 11.0. The molecule has 1 amide bonds. The number of anilines is 1. The average molecular weight is 295 g/mol. The van der Waals surface area contributed by atoms with Gasteiger partial charge in [0.2, 0.25) is 0 Å². The summed E-state index contributed by atoms with van der Waals surface area (Å²) in [4.78, 5) is 22.7. The first-order chi connectivity index (χ1) is 9.51. The summed E-state index contributed by atoms with van der Waals surface area (Å²) in [6, 6.07) is 7.23. The second kappa shape index (κ2) is 5.77. The van der Waals surface area contributed by atoms with Gasteiger partial charge in [-0.15, -0.1) is 0 Å². The van der Waals surface area contributed by atoms with Gasteiger partial charge in [0.15, 0.2) is 5.76 Å². The number of carboxylic acid groups (broad SMARTS) is 1. The molecule has 0 aliphatic carbocycles. The predicted octanol–water partition coefficient (Wildman–Crippen LogP) is 2.34. The zero-order chi connectivity index (χ0) is 14.7. The van der Waals surface area contributed by atoms with Gasteiger partial charge >= 0.3 is 5.97 Å². The fourth-order valence-electron chi connectivity index (χ4n) is 1.57. The molecule has 20 heavy (non-hydrogen) atoms. The maximum absolute atomic E-state index is 11.9. The summed E-state index contributed by atoms with van der Waals surface area (Å²) in [6.45, 7) is 0.201. The Morgan fingerprint density at radius 2 is 2.05 bits per heavy atom. The second-order valence-corrected chi connectivity index (χ2v) is 4.33. The zero-order valence-electron chi connectivity index (χ0n) is 10.2. The van der Waals surface area contributed by atoms with Gasteiger partial charge in [0.25, 0.3) is 5.91 Å². The third kappa shape index (κ3) is 2.98. The van der Waals surface area contributed by atoms with E-state index in [2.05, 4.69) is 5.32 Å². The SMILES string of the molecule is NCc1ccc(C(=O)Nc2ccc(C(=O)O)c(Cl)c2)o1. The van der Waals surface area contributed by atoms with E-state index < -0.39 is 11.9 Å². The molecule has 7 heteroatoms. The van der Waals surface area contributed by atoms with Crippen molar-refractivity contribution in [2.75, 3.05) is 5.32 Å². The van der Waals surface area contributed by atoms with Crippen molar-refractivity contribution < 1.29 is 19.1 Å². The van der Waals surface area contributed by atoms with Gasteiger partial charge in [-0.05, 0) is 30.3 Å². The highest BCUT2D eigenvalue weighted by Crippen LogP contribution is 2.21. The molecule has 0 aliphatic heterocycles. The number of aromatic carboxylic acids is 1. The quantitative estimate of drug-likeness (QED) is 0.802. The predicted molar refractivity (Wildman–Crippen MR) is 73.0 cm³/mol. The third-order valence-electron chi connectivity index (χ3n) is 2.54. The summed E-state index contributed by atoms with van der Waals surface area (Å²) >= 11 is 5.81. The number of hydrogen-bond acceptors (Lipinski definition) is 4. The lowest BCUT2D eigenvalue weighted by molar-refractivity contribution is 0.0697. The van der Waals surface area contributed by atoms with Crippen molar-refractivity contribution in [1.29, 1.82) is 0 Å². The van der Waals surface area contributed by atoms with E-state index in [0.717, 1.165) is 0 Å². The van der Waals surface area contributed by atoms with Gasteiger partial charge in [0.05, 0.1) is 17.1 Å². The van der Waals surface area contributed by atoms with Crippen LogP contribution in [0.5, 0.6) is 0 Å². The van der Waals surface area contributed by atoms with Crippen molar-refractivity contribution >= 4 is 29.2 Å². The summed E-state index contributed by atoms with van der Waals surface area (Å²) < 4.78 is 5.19. The number of amides is 1. The molecule has 2 aromatic rings. The first kappa shape index (κ1) is 14.1. The van der Waals surface area contributed by atoms with Gasteiger partial charge in [-0.3, -0.25) is 4.79 Å².